The molecule has 1 saturated heterocycles. The van der Waals surface area contributed by atoms with E-state index in [1.54, 1.807) is 0 Å². The third-order valence-corrected chi connectivity index (χ3v) is 3.14. The molecule has 2 atom stereocenters. The molecule has 2 N–H and O–H groups in total. The predicted octanol–water partition coefficient (Wildman–Crippen LogP) is 1.83. The molecule has 2 rings (SSSR count). The van der Waals surface area contributed by atoms with Crippen molar-refractivity contribution in [2.24, 2.45) is 5.92 Å². The van der Waals surface area contributed by atoms with Crippen molar-refractivity contribution >= 4 is 5.91 Å². The lowest BCUT2D eigenvalue weighted by Gasteiger charge is -2.28. The van der Waals surface area contributed by atoms with Gasteiger partial charge < -0.3 is 10.6 Å². The second kappa shape index (κ2) is 5.61. The van der Waals surface area contributed by atoms with Gasteiger partial charge in [-0.25, -0.2) is 13.2 Å². The quantitative estimate of drug-likeness (QED) is 0.862. The van der Waals surface area contributed by atoms with Crippen molar-refractivity contribution < 1.29 is 18.0 Å². The number of hydrogen-bond donors (Lipinski definition) is 2. The summed E-state index contributed by atoms with van der Waals surface area (Å²) < 4.78 is 39.6. The third kappa shape index (κ3) is 3.26. The van der Waals surface area contributed by atoms with E-state index in [2.05, 4.69) is 10.6 Å². The van der Waals surface area contributed by atoms with Gasteiger partial charge in [-0.2, -0.15) is 0 Å². The Balaban J connectivity index is 2.12. The van der Waals surface area contributed by atoms with Crippen molar-refractivity contribution in [2.75, 3.05) is 13.1 Å². The first-order chi connectivity index (χ1) is 8.97. The highest BCUT2D eigenvalue weighted by Gasteiger charge is 2.24. The lowest BCUT2D eigenvalue weighted by Crippen LogP contribution is -2.48. The average Bonchev–Trinajstić information content (AvgIpc) is 2.27. The summed E-state index contributed by atoms with van der Waals surface area (Å²) in [5.41, 5.74) is -0.736. The molecule has 0 bridgehead atoms. The Morgan fingerprint density at radius 1 is 1.26 bits per heavy atom. The molecule has 3 nitrogen and oxygen atoms in total. The highest BCUT2D eigenvalue weighted by Crippen LogP contribution is 2.16. The molecule has 1 amide bonds. The Bertz CT molecular complexity index is 470. The second-order valence-electron chi connectivity index (χ2n) is 4.91. The SMILES string of the molecule is CC1CNCC(NC(=O)c2c(F)cc(F)cc2F)C1. The zero-order valence-corrected chi connectivity index (χ0v) is 10.5. The van der Waals surface area contributed by atoms with E-state index in [1.165, 1.54) is 0 Å². The molecule has 1 fully saturated rings. The summed E-state index contributed by atoms with van der Waals surface area (Å²) >= 11 is 0. The lowest BCUT2D eigenvalue weighted by molar-refractivity contribution is 0.0916. The summed E-state index contributed by atoms with van der Waals surface area (Å²) in [5.74, 6) is -3.89. The lowest BCUT2D eigenvalue weighted by atomic mass is 9.97. The monoisotopic (exact) mass is 272 g/mol. The fourth-order valence-corrected chi connectivity index (χ4v) is 2.28. The van der Waals surface area contributed by atoms with Gasteiger partial charge in [0.25, 0.3) is 5.91 Å². The maximum Gasteiger partial charge on any atom is 0.257 e. The smallest absolute Gasteiger partial charge is 0.257 e. The largest absolute Gasteiger partial charge is 0.348 e. The molecule has 0 spiro atoms. The number of piperidine rings is 1. The Hall–Kier alpha value is -1.56. The summed E-state index contributed by atoms with van der Waals surface area (Å²) in [5, 5.41) is 5.68. The predicted molar refractivity (Wildman–Crippen MR) is 64.2 cm³/mol. The summed E-state index contributed by atoms with van der Waals surface area (Å²) in [7, 11) is 0. The maximum absolute atomic E-state index is 13.4. The van der Waals surface area contributed by atoms with Gasteiger partial charge in [0, 0.05) is 24.7 Å². The van der Waals surface area contributed by atoms with Crippen LogP contribution in [0.3, 0.4) is 0 Å². The van der Waals surface area contributed by atoms with Crippen LogP contribution in [0.25, 0.3) is 0 Å². The minimum absolute atomic E-state index is 0.180. The molecular weight excluding hydrogens is 257 g/mol. The van der Waals surface area contributed by atoms with Crippen molar-refractivity contribution in [3.63, 3.8) is 0 Å². The first kappa shape index (κ1) is 13.9. The minimum Gasteiger partial charge on any atom is -0.348 e. The Labute approximate surface area is 109 Å². The number of carbonyl (C=O) groups is 1. The van der Waals surface area contributed by atoms with E-state index in [-0.39, 0.29) is 6.04 Å². The van der Waals surface area contributed by atoms with Gasteiger partial charge >= 0.3 is 0 Å². The van der Waals surface area contributed by atoms with Gasteiger partial charge in [0.2, 0.25) is 0 Å². The summed E-state index contributed by atoms with van der Waals surface area (Å²) in [6, 6.07) is 0.819. The van der Waals surface area contributed by atoms with Crippen molar-refractivity contribution in [3.05, 3.63) is 35.1 Å². The van der Waals surface area contributed by atoms with E-state index in [1.807, 2.05) is 6.92 Å². The highest BCUT2D eigenvalue weighted by molar-refractivity contribution is 5.95. The van der Waals surface area contributed by atoms with Crippen LogP contribution in [0.2, 0.25) is 0 Å². The zero-order valence-electron chi connectivity index (χ0n) is 10.5. The molecule has 1 aromatic rings. The highest BCUT2D eigenvalue weighted by atomic mass is 19.1. The standard InChI is InChI=1S/C13H15F3N2O/c1-7-2-9(6-17-5-7)18-13(19)12-10(15)3-8(14)4-11(12)16/h3-4,7,9,17H,2,5-6H2,1H3,(H,18,19). The van der Waals surface area contributed by atoms with Crippen LogP contribution in [-0.4, -0.2) is 25.0 Å². The summed E-state index contributed by atoms with van der Waals surface area (Å²) in [6.07, 6.45) is 0.739. The van der Waals surface area contributed by atoms with E-state index < -0.39 is 28.9 Å². The van der Waals surface area contributed by atoms with E-state index in [0.29, 0.717) is 24.6 Å². The fourth-order valence-electron chi connectivity index (χ4n) is 2.28. The van der Waals surface area contributed by atoms with Crippen LogP contribution in [0.5, 0.6) is 0 Å². The molecular formula is C13H15F3N2O. The first-order valence-electron chi connectivity index (χ1n) is 6.13. The number of benzene rings is 1. The Morgan fingerprint density at radius 2 is 1.89 bits per heavy atom. The molecule has 6 heteroatoms. The molecule has 1 aromatic carbocycles. The molecule has 104 valence electrons. The molecule has 0 aliphatic carbocycles. The Morgan fingerprint density at radius 3 is 2.47 bits per heavy atom. The molecule has 0 saturated carbocycles. The van der Waals surface area contributed by atoms with Crippen LogP contribution in [0.15, 0.2) is 12.1 Å². The van der Waals surface area contributed by atoms with Crippen LogP contribution in [0, 0.1) is 23.4 Å². The van der Waals surface area contributed by atoms with Crippen LogP contribution >= 0.6 is 0 Å². The van der Waals surface area contributed by atoms with Crippen LogP contribution < -0.4 is 10.6 Å². The van der Waals surface area contributed by atoms with E-state index in [9.17, 15) is 18.0 Å². The van der Waals surface area contributed by atoms with Gasteiger partial charge in [-0.1, -0.05) is 6.92 Å². The second-order valence-corrected chi connectivity index (χ2v) is 4.91. The normalized spacial score (nSPS) is 23.2. The molecule has 0 radical (unpaired) electrons. The van der Waals surface area contributed by atoms with Gasteiger partial charge in [-0.3, -0.25) is 4.79 Å². The van der Waals surface area contributed by atoms with Gasteiger partial charge in [0.1, 0.15) is 23.0 Å². The van der Waals surface area contributed by atoms with Gasteiger partial charge in [0.05, 0.1) is 0 Å². The first-order valence-corrected chi connectivity index (χ1v) is 6.13. The molecule has 1 aliphatic rings. The minimum atomic E-state index is -1.19. The summed E-state index contributed by atoms with van der Waals surface area (Å²) in [6.45, 7) is 3.43. The van der Waals surface area contributed by atoms with Gasteiger partial charge in [-0.15, -0.1) is 0 Å². The molecule has 19 heavy (non-hydrogen) atoms. The number of hydrogen-bond acceptors (Lipinski definition) is 2. The molecule has 2 unspecified atom stereocenters. The van der Waals surface area contributed by atoms with E-state index in [4.69, 9.17) is 0 Å². The van der Waals surface area contributed by atoms with Crippen LogP contribution in [0.1, 0.15) is 23.7 Å². The van der Waals surface area contributed by atoms with E-state index in [0.717, 1.165) is 13.0 Å². The fraction of sp³-hybridized carbons (Fsp3) is 0.462. The average molecular weight is 272 g/mol. The van der Waals surface area contributed by atoms with Crippen molar-refractivity contribution in [3.8, 4) is 0 Å². The number of halogens is 3. The number of amides is 1. The van der Waals surface area contributed by atoms with Crippen molar-refractivity contribution in [2.45, 2.75) is 19.4 Å². The topological polar surface area (TPSA) is 41.1 Å². The molecule has 1 heterocycles. The van der Waals surface area contributed by atoms with Crippen molar-refractivity contribution in [1.29, 1.82) is 0 Å². The number of nitrogens with one attached hydrogen (secondary N) is 2. The maximum atomic E-state index is 13.4. The summed E-state index contributed by atoms with van der Waals surface area (Å²) in [4.78, 5) is 11.8. The third-order valence-electron chi connectivity index (χ3n) is 3.14. The van der Waals surface area contributed by atoms with Gasteiger partial charge in [0.15, 0.2) is 0 Å². The number of carbonyl (C=O) groups excluding carboxylic acids is 1. The van der Waals surface area contributed by atoms with Crippen LogP contribution in [-0.2, 0) is 0 Å². The molecule has 1 aliphatic heterocycles. The van der Waals surface area contributed by atoms with Gasteiger partial charge in [-0.05, 0) is 18.9 Å². The molecule has 0 aromatic heterocycles. The van der Waals surface area contributed by atoms with Crippen LogP contribution in [0.4, 0.5) is 13.2 Å². The van der Waals surface area contributed by atoms with E-state index >= 15 is 0 Å². The number of rotatable bonds is 2. The zero-order chi connectivity index (χ0) is 14.0. The van der Waals surface area contributed by atoms with Crippen molar-refractivity contribution in [1.82, 2.24) is 10.6 Å². The Kier molecular flexibility index (Phi) is 4.09.